The van der Waals surface area contributed by atoms with Gasteiger partial charge in [0.1, 0.15) is 0 Å². The summed E-state index contributed by atoms with van der Waals surface area (Å²) >= 11 is -2.89. The Hall–Kier alpha value is -3.87. The fourth-order valence-corrected chi connectivity index (χ4v) is 21.7. The summed E-state index contributed by atoms with van der Waals surface area (Å²) in [5.74, 6) is 1.25. The second kappa shape index (κ2) is 21.6. The van der Waals surface area contributed by atoms with Crippen LogP contribution in [0.1, 0.15) is 172 Å². The molecule has 3 heteroatoms. The van der Waals surface area contributed by atoms with E-state index in [0.717, 1.165) is 19.3 Å². The fraction of sp³-hybridized carbons (Fsp3) is 0.369. The molecular formula is C65H72Cl2Zr. The number of halogens is 2. The van der Waals surface area contributed by atoms with Gasteiger partial charge in [0, 0.05) is 0 Å². The predicted molar refractivity (Wildman–Crippen MR) is 281 cm³/mol. The van der Waals surface area contributed by atoms with E-state index in [2.05, 4.69) is 193 Å². The standard InChI is InChI=1S/C45H53.C15H14.C5H5.2ClH.Zr/c1-44(2,3)42-28-38-32(26-40(42)36-23-15-13-21-34(36)30-17-9-7-10-18-30)25-33-27-41(43(29-39(33)38)45(4,5)6)37-24-16-14-22-35(37)31-19-11-8-12-20-31;1-3-8-14(9-4-1)12-7-13-15-10-5-2-6-11-15;1-2-4-5-3-1;;;/h13-16,21-31H,7-12,17-20H2,1-6H3;1-6,8-11H,12-13H2;1-3H,4H2;2*1H;/q;;;;;+2/p-2. The molecule has 10 rings (SSSR count). The Morgan fingerprint density at radius 1 is 0.456 bits per heavy atom. The molecule has 68 heavy (non-hydrogen) atoms. The number of benzene rings is 6. The molecule has 0 N–H and O–H groups in total. The molecule has 2 saturated carbocycles. The van der Waals surface area contributed by atoms with Gasteiger partial charge in [-0.15, -0.1) is 0 Å². The first-order valence-corrected chi connectivity index (χ1v) is 29.6. The van der Waals surface area contributed by atoms with Gasteiger partial charge in [-0.1, -0.05) is 0 Å². The Morgan fingerprint density at radius 3 is 1.26 bits per heavy atom. The zero-order chi connectivity index (χ0) is 45.4. The van der Waals surface area contributed by atoms with E-state index in [-0.39, 0.29) is 35.6 Å². The normalized spacial score (nSPS) is 16.2. The number of hydrogen-bond donors (Lipinski definition) is 0. The summed E-state index contributed by atoms with van der Waals surface area (Å²) in [6.07, 6.45) is 23.9. The molecule has 350 valence electrons. The molecule has 0 spiro atoms. The Kier molecular flexibility index (Phi) is 16.1. The van der Waals surface area contributed by atoms with Gasteiger partial charge in [0.2, 0.25) is 0 Å². The smallest absolute Gasteiger partial charge is 1.00 e. The van der Waals surface area contributed by atoms with Crippen molar-refractivity contribution in [2.75, 3.05) is 0 Å². The molecule has 0 aromatic heterocycles. The minimum atomic E-state index is -2.89. The molecule has 0 atom stereocenters. The third-order valence-corrected chi connectivity index (χ3v) is 24.1. The Balaban J connectivity index is 0.00000312. The fourth-order valence-electron chi connectivity index (χ4n) is 12.6. The molecule has 0 unspecified atom stereocenters. The van der Waals surface area contributed by atoms with E-state index in [4.69, 9.17) is 0 Å². The zero-order valence-electron chi connectivity index (χ0n) is 41.6. The van der Waals surface area contributed by atoms with Gasteiger partial charge in [-0.3, -0.25) is 0 Å². The molecule has 0 bridgehead atoms. The first kappa shape index (κ1) is 50.5. The molecule has 0 saturated heterocycles. The average molecular weight is 1020 g/mol. The van der Waals surface area contributed by atoms with Crippen LogP contribution in [0.15, 0.2) is 155 Å². The van der Waals surface area contributed by atoms with E-state index < -0.39 is 21.3 Å². The minimum Gasteiger partial charge on any atom is -1.00 e. The first-order chi connectivity index (χ1) is 32.0. The number of allylic oxidation sites excluding steroid dienone is 4. The molecule has 4 aliphatic carbocycles. The Bertz CT molecular complexity index is 2630. The molecular weight excluding hydrogens is 943 g/mol. The average Bonchev–Trinajstić information content (AvgIpc) is 3.98. The molecule has 0 aliphatic heterocycles. The van der Waals surface area contributed by atoms with Gasteiger partial charge in [0.25, 0.3) is 0 Å². The summed E-state index contributed by atoms with van der Waals surface area (Å²) in [6.45, 7) is 14.8. The molecule has 4 aliphatic rings. The summed E-state index contributed by atoms with van der Waals surface area (Å²) in [7, 11) is 0. The van der Waals surface area contributed by atoms with E-state index in [9.17, 15) is 0 Å². The van der Waals surface area contributed by atoms with Crippen LogP contribution in [0.5, 0.6) is 0 Å². The number of rotatable bonds is 10. The molecule has 0 nitrogen and oxygen atoms in total. The second-order valence-electron chi connectivity index (χ2n) is 22.4. The molecule has 0 radical (unpaired) electrons. The number of fused-ring (bicyclic) bond motifs is 3. The third-order valence-electron chi connectivity index (χ3n) is 15.8. The van der Waals surface area contributed by atoms with Crippen LogP contribution in [0.4, 0.5) is 0 Å². The molecule has 6 aromatic rings. The topological polar surface area (TPSA) is 0 Å². The van der Waals surface area contributed by atoms with Crippen molar-refractivity contribution in [2.24, 2.45) is 0 Å². The van der Waals surface area contributed by atoms with E-state index >= 15 is 0 Å². The van der Waals surface area contributed by atoms with Gasteiger partial charge in [-0.2, -0.15) is 0 Å². The van der Waals surface area contributed by atoms with Crippen molar-refractivity contribution in [3.8, 4) is 33.4 Å². The van der Waals surface area contributed by atoms with Gasteiger partial charge in [-0.05, 0) is 0 Å². The van der Waals surface area contributed by atoms with Crippen molar-refractivity contribution < 1.29 is 46.1 Å². The molecule has 6 aromatic carbocycles. The van der Waals surface area contributed by atoms with Gasteiger partial charge in [0.15, 0.2) is 0 Å². The second-order valence-corrected chi connectivity index (χ2v) is 29.2. The van der Waals surface area contributed by atoms with Crippen molar-refractivity contribution in [1.29, 1.82) is 0 Å². The maximum atomic E-state index is 2.79. The maximum Gasteiger partial charge on any atom is -1.00 e. The monoisotopic (exact) mass is 1010 g/mol. The molecule has 0 amide bonds. The van der Waals surface area contributed by atoms with E-state index in [0.29, 0.717) is 15.5 Å². The maximum absolute atomic E-state index is 2.89. The number of hydrogen-bond acceptors (Lipinski definition) is 0. The van der Waals surface area contributed by atoms with E-state index in [1.165, 1.54) is 120 Å². The van der Waals surface area contributed by atoms with Crippen molar-refractivity contribution >= 4 is 3.21 Å². The van der Waals surface area contributed by atoms with Gasteiger partial charge < -0.3 is 24.8 Å². The third kappa shape index (κ3) is 10.4. The van der Waals surface area contributed by atoms with Gasteiger partial charge >= 0.3 is 409 Å². The van der Waals surface area contributed by atoms with Gasteiger partial charge in [0.05, 0.1) is 0 Å². The summed E-state index contributed by atoms with van der Waals surface area (Å²) in [4.78, 5) is 0. The minimum absolute atomic E-state index is 0. The quantitative estimate of drug-likeness (QED) is 0.128. The molecule has 0 heterocycles. The SMILES string of the molecule is CC(C)(C)c1cc2c(cc1-c1ccccc1C1CCCCC1)[CH]([Zr+2]([C]1=CC=CC1)=[C](Cc1ccccc1)Cc1ccccc1)c1cc(-c3ccccc3C3CCCCC3)c(C(C)(C)C)cc1-2.[Cl-].[Cl-]. The van der Waals surface area contributed by atoms with Crippen LogP contribution in [0.3, 0.4) is 0 Å². The van der Waals surface area contributed by atoms with Crippen LogP contribution >= 0.6 is 0 Å². The summed E-state index contributed by atoms with van der Waals surface area (Å²) in [6, 6.07) is 53.2. The zero-order valence-corrected chi connectivity index (χ0v) is 45.6. The van der Waals surface area contributed by atoms with Crippen LogP contribution in [0, 0.1) is 0 Å². The van der Waals surface area contributed by atoms with Gasteiger partial charge in [-0.25, -0.2) is 0 Å². The van der Waals surface area contributed by atoms with Crippen LogP contribution in [0.25, 0.3) is 33.4 Å². The van der Waals surface area contributed by atoms with E-state index in [1.807, 2.05) is 3.21 Å². The summed E-state index contributed by atoms with van der Waals surface area (Å²) in [5, 5.41) is 0. The Labute approximate surface area is 430 Å². The van der Waals surface area contributed by atoms with Crippen LogP contribution < -0.4 is 24.8 Å². The summed E-state index contributed by atoms with van der Waals surface area (Å²) in [5.41, 5.74) is 21.1. The van der Waals surface area contributed by atoms with Crippen molar-refractivity contribution in [2.45, 2.75) is 151 Å². The largest absolute Gasteiger partial charge is 1.00 e. The van der Waals surface area contributed by atoms with Crippen molar-refractivity contribution in [3.63, 3.8) is 0 Å². The van der Waals surface area contributed by atoms with Crippen LogP contribution in [-0.2, 0) is 44.9 Å². The van der Waals surface area contributed by atoms with Crippen LogP contribution in [-0.4, -0.2) is 3.21 Å². The van der Waals surface area contributed by atoms with E-state index in [1.54, 1.807) is 25.5 Å². The van der Waals surface area contributed by atoms with Crippen molar-refractivity contribution in [1.82, 2.24) is 0 Å². The van der Waals surface area contributed by atoms with Crippen LogP contribution in [0.2, 0.25) is 0 Å². The Morgan fingerprint density at radius 2 is 0.868 bits per heavy atom. The molecule has 2 fully saturated rings. The predicted octanol–water partition coefficient (Wildman–Crippen LogP) is 11.9. The summed E-state index contributed by atoms with van der Waals surface area (Å²) < 4.78 is 3.91. The van der Waals surface area contributed by atoms with Crippen molar-refractivity contribution in [3.05, 3.63) is 199 Å². The first-order valence-electron chi connectivity index (χ1n) is 25.7.